The highest BCUT2D eigenvalue weighted by molar-refractivity contribution is 6.05. The first kappa shape index (κ1) is 17.3. The molecule has 2 bridgehead atoms. The number of nitrogens with zero attached hydrogens (tertiary/aromatic N) is 2. The number of hydrogen-bond donors (Lipinski definition) is 0. The zero-order chi connectivity index (χ0) is 19.1. The van der Waals surface area contributed by atoms with Gasteiger partial charge in [0.25, 0.3) is 11.8 Å². The summed E-state index contributed by atoms with van der Waals surface area (Å²) in [7, 11) is 0. The third-order valence-electron chi connectivity index (χ3n) is 7.98. The third-order valence-corrected chi connectivity index (χ3v) is 7.98. The topological polar surface area (TPSA) is 40.6 Å². The lowest BCUT2D eigenvalue weighted by atomic mass is 9.64. The zero-order valence-corrected chi connectivity index (χ0v) is 16.9. The summed E-state index contributed by atoms with van der Waals surface area (Å²) in [6, 6.07) is 6.20. The lowest BCUT2D eigenvalue weighted by molar-refractivity contribution is -0.213. The number of hydrogen-bond acceptors (Lipinski definition) is 2. The molecule has 3 saturated carbocycles. The Morgan fingerprint density at radius 2 is 1.78 bits per heavy atom. The second-order valence-corrected chi connectivity index (χ2v) is 9.94. The van der Waals surface area contributed by atoms with E-state index in [0.717, 1.165) is 40.9 Å². The molecule has 2 amide bonds. The van der Waals surface area contributed by atoms with Gasteiger partial charge in [-0.15, -0.1) is 0 Å². The molecule has 0 radical (unpaired) electrons. The molecule has 5 unspecified atom stereocenters. The van der Waals surface area contributed by atoms with Crippen LogP contribution in [0.15, 0.2) is 18.2 Å². The van der Waals surface area contributed by atoms with Crippen LogP contribution in [0.2, 0.25) is 0 Å². The lowest BCUT2D eigenvalue weighted by Gasteiger charge is -2.59. The highest BCUT2D eigenvalue weighted by atomic mass is 16.2. The van der Waals surface area contributed by atoms with Gasteiger partial charge < -0.3 is 0 Å². The van der Waals surface area contributed by atoms with Crippen molar-refractivity contribution < 1.29 is 9.59 Å². The minimum atomic E-state index is -0.750. The molecule has 4 nitrogen and oxygen atoms in total. The molecule has 0 N–H and O–H groups in total. The molecular formula is C23H30N2O2. The first-order valence-corrected chi connectivity index (χ1v) is 10.5. The van der Waals surface area contributed by atoms with Gasteiger partial charge in [-0.2, -0.15) is 0 Å². The summed E-state index contributed by atoms with van der Waals surface area (Å²) in [6.45, 7) is 7.77. The first-order valence-electron chi connectivity index (χ1n) is 10.5. The predicted molar refractivity (Wildman–Crippen MR) is 104 cm³/mol. The molecule has 4 heteroatoms. The number of carbonyl (C=O) groups is 2. The summed E-state index contributed by atoms with van der Waals surface area (Å²) >= 11 is 0. The molecule has 5 rings (SSSR count). The van der Waals surface area contributed by atoms with Crippen molar-refractivity contribution >= 4 is 11.8 Å². The van der Waals surface area contributed by atoms with Crippen molar-refractivity contribution in [3.63, 3.8) is 0 Å². The van der Waals surface area contributed by atoms with Gasteiger partial charge in [0.2, 0.25) is 0 Å². The van der Waals surface area contributed by atoms with E-state index in [1.54, 1.807) is 5.01 Å². The van der Waals surface area contributed by atoms with E-state index in [0.29, 0.717) is 5.92 Å². The Balaban J connectivity index is 1.48. The normalized spacial score (nSPS) is 36.1. The van der Waals surface area contributed by atoms with Gasteiger partial charge in [0.1, 0.15) is 5.54 Å². The molecule has 144 valence electrons. The second-order valence-electron chi connectivity index (χ2n) is 9.94. The average molecular weight is 367 g/mol. The molecule has 1 saturated heterocycles. The van der Waals surface area contributed by atoms with Gasteiger partial charge in [-0.3, -0.25) is 9.59 Å². The van der Waals surface area contributed by atoms with Crippen LogP contribution in [0.25, 0.3) is 0 Å². The molecule has 3 aliphatic carbocycles. The number of rotatable bonds is 2. The minimum absolute atomic E-state index is 0.0234. The maximum Gasteiger partial charge on any atom is 0.273 e. The van der Waals surface area contributed by atoms with E-state index in [1.807, 2.05) is 50.9 Å². The fourth-order valence-electron chi connectivity index (χ4n) is 6.42. The van der Waals surface area contributed by atoms with Crippen LogP contribution in [0.4, 0.5) is 0 Å². The standard InChI is InChI=1S/C23H30N2O2/c1-13-5-6-14(2)18(9-13)21(26)25-23(3,4)22(27)24(25)20-8-7-15-10-16-11-17(20)12-19(15)16/h5-6,9,15-17,19-20H,7-8,10-12H2,1-4H3. The van der Waals surface area contributed by atoms with Crippen molar-refractivity contribution in [3.05, 3.63) is 34.9 Å². The minimum Gasteiger partial charge on any atom is -0.270 e. The van der Waals surface area contributed by atoms with E-state index >= 15 is 0 Å². The molecule has 1 aromatic carbocycles. The van der Waals surface area contributed by atoms with Gasteiger partial charge in [-0.1, -0.05) is 17.7 Å². The Morgan fingerprint density at radius 1 is 1.04 bits per heavy atom. The fraction of sp³-hybridized carbons (Fsp3) is 0.652. The number of fused-ring (bicyclic) bond motifs is 1. The van der Waals surface area contributed by atoms with Gasteiger partial charge in [0, 0.05) is 5.56 Å². The number of carbonyl (C=O) groups excluding carboxylic acids is 2. The van der Waals surface area contributed by atoms with Gasteiger partial charge in [-0.05, 0) is 95.1 Å². The van der Waals surface area contributed by atoms with Crippen molar-refractivity contribution in [3.8, 4) is 0 Å². The molecule has 27 heavy (non-hydrogen) atoms. The smallest absolute Gasteiger partial charge is 0.270 e. The van der Waals surface area contributed by atoms with Gasteiger partial charge in [-0.25, -0.2) is 10.0 Å². The van der Waals surface area contributed by atoms with Crippen LogP contribution < -0.4 is 0 Å². The molecule has 1 aromatic rings. The maximum atomic E-state index is 13.5. The number of amides is 2. The van der Waals surface area contributed by atoms with Crippen LogP contribution >= 0.6 is 0 Å². The molecule has 4 fully saturated rings. The van der Waals surface area contributed by atoms with Crippen LogP contribution in [0.5, 0.6) is 0 Å². The summed E-state index contributed by atoms with van der Waals surface area (Å²) in [5, 5.41) is 3.65. The molecule has 4 aliphatic rings. The van der Waals surface area contributed by atoms with Crippen molar-refractivity contribution in [2.24, 2.45) is 23.7 Å². The lowest BCUT2D eigenvalue weighted by Crippen LogP contribution is -2.79. The zero-order valence-electron chi connectivity index (χ0n) is 16.9. The summed E-state index contributed by atoms with van der Waals surface area (Å²) < 4.78 is 0. The molecule has 0 aromatic heterocycles. The summed E-state index contributed by atoms with van der Waals surface area (Å²) in [5.74, 6) is 3.32. The van der Waals surface area contributed by atoms with Gasteiger partial charge in [0.15, 0.2) is 0 Å². The van der Waals surface area contributed by atoms with Crippen LogP contribution in [0.1, 0.15) is 67.4 Å². The van der Waals surface area contributed by atoms with Crippen molar-refractivity contribution in [2.45, 2.75) is 71.4 Å². The van der Waals surface area contributed by atoms with E-state index in [9.17, 15) is 9.59 Å². The summed E-state index contributed by atoms with van der Waals surface area (Å²) in [6.07, 6.45) is 6.19. The molecule has 0 spiro atoms. The maximum absolute atomic E-state index is 13.5. The van der Waals surface area contributed by atoms with E-state index < -0.39 is 5.54 Å². The van der Waals surface area contributed by atoms with Crippen molar-refractivity contribution in [2.75, 3.05) is 0 Å². The summed E-state index contributed by atoms with van der Waals surface area (Å²) in [5.41, 5.74) is 2.03. The van der Waals surface area contributed by atoms with Crippen molar-refractivity contribution in [1.82, 2.24) is 10.0 Å². The quantitative estimate of drug-likeness (QED) is 0.790. The highest BCUT2D eigenvalue weighted by Gasteiger charge is 2.61. The Hall–Kier alpha value is -1.84. The predicted octanol–water partition coefficient (Wildman–Crippen LogP) is 4.11. The number of hydrazine groups is 1. The van der Waals surface area contributed by atoms with E-state index in [4.69, 9.17) is 0 Å². The molecule has 5 atom stereocenters. The molecular weight excluding hydrogens is 336 g/mol. The van der Waals surface area contributed by atoms with E-state index in [2.05, 4.69) is 0 Å². The number of aryl methyl sites for hydroxylation is 2. The third kappa shape index (κ3) is 2.28. The average Bonchev–Trinajstić information content (AvgIpc) is 2.86. The van der Waals surface area contributed by atoms with Gasteiger partial charge >= 0.3 is 0 Å². The highest BCUT2D eigenvalue weighted by Crippen LogP contribution is 2.59. The molecule has 1 aliphatic heterocycles. The largest absolute Gasteiger partial charge is 0.273 e. The molecule has 1 heterocycles. The monoisotopic (exact) mass is 366 g/mol. The van der Waals surface area contributed by atoms with Crippen LogP contribution in [-0.4, -0.2) is 33.4 Å². The fourth-order valence-corrected chi connectivity index (χ4v) is 6.42. The van der Waals surface area contributed by atoms with Crippen molar-refractivity contribution in [1.29, 1.82) is 0 Å². The van der Waals surface area contributed by atoms with Crippen LogP contribution in [0.3, 0.4) is 0 Å². The second kappa shape index (κ2) is 5.59. The Labute approximate surface area is 161 Å². The number of benzene rings is 1. The van der Waals surface area contributed by atoms with E-state index in [-0.39, 0.29) is 17.9 Å². The Bertz CT molecular complexity index is 830. The first-order chi connectivity index (χ1) is 12.8. The Morgan fingerprint density at radius 3 is 2.56 bits per heavy atom. The van der Waals surface area contributed by atoms with Crippen LogP contribution in [-0.2, 0) is 4.79 Å². The summed E-state index contributed by atoms with van der Waals surface area (Å²) in [4.78, 5) is 26.6. The Kier molecular flexibility index (Phi) is 3.57. The SMILES string of the molecule is Cc1ccc(C)c(C(=O)N2N(C3CCC4CC5CC3CC45)C(=O)C2(C)C)c1. The van der Waals surface area contributed by atoms with Gasteiger partial charge in [0.05, 0.1) is 6.04 Å². The van der Waals surface area contributed by atoms with E-state index in [1.165, 1.54) is 25.7 Å². The van der Waals surface area contributed by atoms with Crippen LogP contribution in [0, 0.1) is 37.5 Å².